The molecule has 0 unspecified atom stereocenters. The number of rotatable bonds is 5. The second-order valence-corrected chi connectivity index (χ2v) is 5.40. The van der Waals surface area contributed by atoms with E-state index in [1.165, 1.54) is 11.8 Å². The lowest BCUT2D eigenvalue weighted by Crippen LogP contribution is -2.18. The standard InChI is InChI=1S/C14H18N4OS/c1-4-9-10(5-2)17-18-14(12(9)13(15)16)20-11-6-7-19-8(11)3/h6-7H,4-5H2,1-3H3,(H3,15,16). The van der Waals surface area contributed by atoms with Crippen LogP contribution in [0.3, 0.4) is 0 Å². The number of nitrogens with one attached hydrogen (secondary N) is 1. The SMILES string of the molecule is CCc1nnc(Sc2ccoc2C)c(C(=N)N)c1CC. The summed E-state index contributed by atoms with van der Waals surface area (Å²) in [4.78, 5) is 0.966. The Bertz CT molecular complexity index is 636. The van der Waals surface area contributed by atoms with Crippen molar-refractivity contribution in [3.05, 3.63) is 34.9 Å². The second-order valence-electron chi connectivity index (χ2n) is 4.37. The molecule has 0 aliphatic carbocycles. The maximum absolute atomic E-state index is 7.85. The Morgan fingerprint density at radius 1 is 1.35 bits per heavy atom. The average Bonchev–Trinajstić information content (AvgIpc) is 2.83. The number of furan rings is 1. The molecule has 0 spiro atoms. The Morgan fingerprint density at radius 3 is 2.60 bits per heavy atom. The minimum absolute atomic E-state index is 0.0371. The first kappa shape index (κ1) is 14.6. The van der Waals surface area contributed by atoms with Crippen LogP contribution in [0.1, 0.15) is 36.4 Å². The molecule has 20 heavy (non-hydrogen) atoms. The quantitative estimate of drug-likeness (QED) is 0.653. The molecule has 2 rings (SSSR count). The van der Waals surface area contributed by atoms with Crippen LogP contribution < -0.4 is 5.73 Å². The van der Waals surface area contributed by atoms with Crippen molar-refractivity contribution >= 4 is 17.6 Å². The van der Waals surface area contributed by atoms with E-state index in [1.807, 2.05) is 26.8 Å². The van der Waals surface area contributed by atoms with E-state index >= 15 is 0 Å². The lowest BCUT2D eigenvalue weighted by Gasteiger charge is -2.13. The molecule has 106 valence electrons. The van der Waals surface area contributed by atoms with Crippen molar-refractivity contribution in [1.29, 1.82) is 5.41 Å². The molecule has 0 saturated carbocycles. The fraction of sp³-hybridized carbons (Fsp3) is 0.357. The predicted molar refractivity (Wildman–Crippen MR) is 79.4 cm³/mol. The Morgan fingerprint density at radius 2 is 2.10 bits per heavy atom. The molecule has 3 N–H and O–H groups in total. The highest BCUT2D eigenvalue weighted by Crippen LogP contribution is 2.33. The Labute approximate surface area is 122 Å². The zero-order valence-corrected chi connectivity index (χ0v) is 12.7. The van der Waals surface area contributed by atoms with Gasteiger partial charge in [0, 0.05) is 0 Å². The summed E-state index contributed by atoms with van der Waals surface area (Å²) in [6.45, 7) is 5.96. The highest BCUT2D eigenvalue weighted by Gasteiger charge is 2.18. The van der Waals surface area contributed by atoms with Crippen LogP contribution in [0.25, 0.3) is 0 Å². The maximum atomic E-state index is 7.85. The lowest BCUT2D eigenvalue weighted by atomic mass is 10.0. The molecule has 6 heteroatoms. The van der Waals surface area contributed by atoms with Gasteiger partial charge in [-0.2, -0.15) is 5.10 Å². The third-order valence-electron chi connectivity index (χ3n) is 3.10. The number of hydrogen-bond acceptors (Lipinski definition) is 5. The van der Waals surface area contributed by atoms with Crippen LogP contribution in [0.15, 0.2) is 26.7 Å². The van der Waals surface area contributed by atoms with Crippen molar-refractivity contribution < 1.29 is 4.42 Å². The summed E-state index contributed by atoms with van der Waals surface area (Å²) < 4.78 is 5.28. The third kappa shape index (κ3) is 2.70. The molecule has 0 radical (unpaired) electrons. The van der Waals surface area contributed by atoms with Gasteiger partial charge < -0.3 is 10.2 Å². The van der Waals surface area contributed by atoms with E-state index in [0.29, 0.717) is 10.6 Å². The first-order valence-corrected chi connectivity index (χ1v) is 7.34. The molecule has 0 bridgehead atoms. The van der Waals surface area contributed by atoms with E-state index < -0.39 is 0 Å². The highest BCUT2D eigenvalue weighted by molar-refractivity contribution is 7.99. The van der Waals surface area contributed by atoms with Crippen LogP contribution in [-0.4, -0.2) is 16.0 Å². The summed E-state index contributed by atoms with van der Waals surface area (Å²) in [7, 11) is 0. The molecule has 0 amide bonds. The van der Waals surface area contributed by atoms with Gasteiger partial charge in [-0.15, -0.1) is 5.10 Å². The number of amidine groups is 1. The van der Waals surface area contributed by atoms with E-state index in [2.05, 4.69) is 10.2 Å². The molecule has 2 aromatic rings. The smallest absolute Gasteiger partial charge is 0.135 e. The molecular weight excluding hydrogens is 272 g/mol. The van der Waals surface area contributed by atoms with E-state index in [1.54, 1.807) is 6.26 Å². The minimum atomic E-state index is 0.0371. The van der Waals surface area contributed by atoms with Crippen molar-refractivity contribution in [2.45, 2.75) is 43.5 Å². The van der Waals surface area contributed by atoms with Gasteiger partial charge in [-0.25, -0.2) is 0 Å². The Balaban J connectivity index is 2.53. The van der Waals surface area contributed by atoms with Crippen molar-refractivity contribution in [2.75, 3.05) is 0 Å². The van der Waals surface area contributed by atoms with Crippen molar-refractivity contribution in [3.8, 4) is 0 Å². The fourth-order valence-corrected chi connectivity index (χ4v) is 3.03. The molecule has 0 atom stereocenters. The Kier molecular flexibility index (Phi) is 4.44. The van der Waals surface area contributed by atoms with Crippen LogP contribution in [-0.2, 0) is 12.8 Å². The van der Waals surface area contributed by atoms with E-state index in [4.69, 9.17) is 15.6 Å². The van der Waals surface area contributed by atoms with Crippen LogP contribution in [0, 0.1) is 12.3 Å². The molecular formula is C14H18N4OS. The third-order valence-corrected chi connectivity index (χ3v) is 4.22. The van der Waals surface area contributed by atoms with Crippen molar-refractivity contribution in [2.24, 2.45) is 5.73 Å². The zero-order valence-electron chi connectivity index (χ0n) is 11.9. The predicted octanol–water partition coefficient (Wildman–Crippen LogP) is 2.94. The van der Waals surface area contributed by atoms with Crippen molar-refractivity contribution in [3.63, 3.8) is 0 Å². The number of nitrogens with two attached hydrogens (primary N) is 1. The number of nitrogen functional groups attached to an aromatic ring is 1. The van der Waals surface area contributed by atoms with E-state index in [-0.39, 0.29) is 5.84 Å². The summed E-state index contributed by atoms with van der Waals surface area (Å²) in [6.07, 6.45) is 3.21. The maximum Gasteiger partial charge on any atom is 0.135 e. The lowest BCUT2D eigenvalue weighted by molar-refractivity contribution is 0.527. The van der Waals surface area contributed by atoms with Crippen LogP contribution in [0.2, 0.25) is 0 Å². The second kappa shape index (κ2) is 6.09. The summed E-state index contributed by atoms with van der Waals surface area (Å²) >= 11 is 1.44. The van der Waals surface area contributed by atoms with Gasteiger partial charge in [0.05, 0.1) is 22.4 Å². The first-order valence-electron chi connectivity index (χ1n) is 6.53. The molecule has 0 aromatic carbocycles. The Hall–Kier alpha value is -1.82. The van der Waals surface area contributed by atoms with Crippen LogP contribution in [0.5, 0.6) is 0 Å². The van der Waals surface area contributed by atoms with Gasteiger partial charge in [0.15, 0.2) is 0 Å². The number of aryl methyl sites for hydroxylation is 2. The van der Waals surface area contributed by atoms with Crippen LogP contribution >= 0.6 is 11.8 Å². The summed E-state index contributed by atoms with van der Waals surface area (Å²) in [6, 6.07) is 1.88. The van der Waals surface area contributed by atoms with Gasteiger partial charge in [0.1, 0.15) is 16.6 Å². The first-order chi connectivity index (χ1) is 9.58. The molecule has 5 nitrogen and oxygen atoms in total. The van der Waals surface area contributed by atoms with E-state index in [9.17, 15) is 0 Å². The average molecular weight is 290 g/mol. The van der Waals surface area contributed by atoms with Gasteiger partial charge in [0.2, 0.25) is 0 Å². The minimum Gasteiger partial charge on any atom is -0.468 e. The molecule has 0 saturated heterocycles. The summed E-state index contributed by atoms with van der Waals surface area (Å²) in [5, 5.41) is 17.0. The largest absolute Gasteiger partial charge is 0.468 e. The van der Waals surface area contributed by atoms with Crippen LogP contribution in [0.4, 0.5) is 0 Å². The summed E-state index contributed by atoms with van der Waals surface area (Å²) in [5.41, 5.74) is 8.38. The van der Waals surface area contributed by atoms with Crippen molar-refractivity contribution in [1.82, 2.24) is 10.2 Å². The molecule has 0 fully saturated rings. The highest BCUT2D eigenvalue weighted by atomic mass is 32.2. The van der Waals surface area contributed by atoms with Gasteiger partial charge in [-0.3, -0.25) is 5.41 Å². The zero-order chi connectivity index (χ0) is 14.7. The fourth-order valence-electron chi connectivity index (χ4n) is 2.09. The number of nitrogens with zero attached hydrogens (tertiary/aromatic N) is 2. The number of hydrogen-bond donors (Lipinski definition) is 2. The molecule has 0 aliphatic rings. The monoisotopic (exact) mass is 290 g/mol. The van der Waals surface area contributed by atoms with Gasteiger partial charge in [0.25, 0.3) is 0 Å². The molecule has 0 aliphatic heterocycles. The normalized spacial score (nSPS) is 10.8. The van der Waals surface area contributed by atoms with Gasteiger partial charge in [-0.05, 0) is 31.4 Å². The molecule has 2 aromatic heterocycles. The van der Waals surface area contributed by atoms with Gasteiger partial charge in [-0.1, -0.05) is 25.6 Å². The van der Waals surface area contributed by atoms with Gasteiger partial charge >= 0.3 is 0 Å². The summed E-state index contributed by atoms with van der Waals surface area (Å²) in [5.74, 6) is 0.860. The molecule has 2 heterocycles. The van der Waals surface area contributed by atoms with E-state index in [0.717, 1.165) is 34.8 Å². The topological polar surface area (TPSA) is 88.8 Å². The number of aromatic nitrogens is 2.